The molecule has 0 aromatic heterocycles. The lowest BCUT2D eigenvalue weighted by Gasteiger charge is -2.11. The summed E-state index contributed by atoms with van der Waals surface area (Å²) in [4.78, 5) is 9.34. The third-order valence-corrected chi connectivity index (χ3v) is 5.11. The van der Waals surface area contributed by atoms with Crippen LogP contribution >= 0.6 is 0 Å². The van der Waals surface area contributed by atoms with Crippen molar-refractivity contribution in [3.63, 3.8) is 0 Å². The van der Waals surface area contributed by atoms with Crippen LogP contribution in [0.2, 0.25) is 0 Å². The van der Waals surface area contributed by atoms with Crippen molar-refractivity contribution in [2.24, 2.45) is 21.8 Å². The van der Waals surface area contributed by atoms with Crippen LogP contribution in [0, 0.1) is 11.8 Å². The third-order valence-electron chi connectivity index (χ3n) is 5.11. The van der Waals surface area contributed by atoms with E-state index in [4.69, 9.17) is 0 Å². The van der Waals surface area contributed by atoms with Gasteiger partial charge in [0.2, 0.25) is 0 Å². The summed E-state index contributed by atoms with van der Waals surface area (Å²) >= 11 is 0. The van der Waals surface area contributed by atoms with Crippen molar-refractivity contribution < 1.29 is 0 Å². The molecule has 108 valence electrons. The molecule has 1 aromatic rings. The molecular weight excluding hydrogens is 256 g/mol. The molecule has 0 unspecified atom stereocenters. The van der Waals surface area contributed by atoms with Gasteiger partial charge in [-0.3, -0.25) is 9.98 Å². The Labute approximate surface area is 126 Å². The molecule has 0 radical (unpaired) electrons. The van der Waals surface area contributed by atoms with E-state index in [9.17, 15) is 0 Å². The van der Waals surface area contributed by atoms with Crippen LogP contribution in [0.1, 0.15) is 49.9 Å². The zero-order valence-corrected chi connectivity index (χ0v) is 13.3. The van der Waals surface area contributed by atoms with Gasteiger partial charge in [-0.05, 0) is 35.8 Å². The Morgan fingerprint density at radius 2 is 1.19 bits per heavy atom. The van der Waals surface area contributed by atoms with Gasteiger partial charge >= 0.3 is 0 Å². The first-order valence-electron chi connectivity index (χ1n) is 8.04. The minimum Gasteiger partial charge on any atom is -0.259 e. The SMILES string of the molecule is CC(C)C1=Cc2c(c3c(c4c2=NCN=4)C=C(C(C)C)C3)C1. The van der Waals surface area contributed by atoms with Crippen molar-refractivity contribution in [2.45, 2.75) is 40.5 Å². The lowest BCUT2D eigenvalue weighted by atomic mass is 9.93. The largest absolute Gasteiger partial charge is 0.259 e. The molecule has 0 spiro atoms. The van der Waals surface area contributed by atoms with Crippen molar-refractivity contribution in [3.8, 4) is 0 Å². The number of rotatable bonds is 2. The van der Waals surface area contributed by atoms with E-state index < -0.39 is 0 Å². The second-order valence-electron chi connectivity index (χ2n) is 7.04. The molecule has 0 saturated carbocycles. The highest BCUT2D eigenvalue weighted by Gasteiger charge is 2.28. The van der Waals surface area contributed by atoms with Gasteiger partial charge in [-0.25, -0.2) is 0 Å². The number of hydrogen-bond acceptors (Lipinski definition) is 2. The van der Waals surface area contributed by atoms with Crippen molar-refractivity contribution in [1.82, 2.24) is 0 Å². The molecule has 1 aliphatic heterocycles. The van der Waals surface area contributed by atoms with E-state index in [-0.39, 0.29) is 0 Å². The number of hydrogen-bond donors (Lipinski definition) is 0. The molecule has 1 heterocycles. The van der Waals surface area contributed by atoms with Gasteiger partial charge in [0.05, 0.1) is 10.7 Å². The predicted molar refractivity (Wildman–Crippen MR) is 86.7 cm³/mol. The summed E-state index contributed by atoms with van der Waals surface area (Å²) in [5.41, 5.74) is 8.88. The van der Waals surface area contributed by atoms with Crippen molar-refractivity contribution in [3.05, 3.63) is 44.1 Å². The van der Waals surface area contributed by atoms with Crippen LogP contribution in [0.4, 0.5) is 0 Å². The molecule has 21 heavy (non-hydrogen) atoms. The van der Waals surface area contributed by atoms with Crippen molar-refractivity contribution >= 4 is 12.2 Å². The van der Waals surface area contributed by atoms with E-state index in [0.29, 0.717) is 18.5 Å². The maximum Gasteiger partial charge on any atom is 0.130 e. The second kappa shape index (κ2) is 4.40. The van der Waals surface area contributed by atoms with E-state index in [1.54, 1.807) is 11.1 Å². The van der Waals surface area contributed by atoms with Crippen LogP contribution in [-0.4, -0.2) is 6.67 Å². The van der Waals surface area contributed by atoms with E-state index in [2.05, 4.69) is 49.8 Å². The summed E-state index contributed by atoms with van der Waals surface area (Å²) in [7, 11) is 0. The van der Waals surface area contributed by atoms with Gasteiger partial charge in [0.1, 0.15) is 6.67 Å². The summed E-state index contributed by atoms with van der Waals surface area (Å²) in [6, 6.07) is 0. The minimum absolute atomic E-state index is 0.605. The number of benzene rings is 1. The Hall–Kier alpha value is -1.70. The summed E-state index contributed by atoms with van der Waals surface area (Å²) in [5, 5.41) is 2.31. The highest BCUT2D eigenvalue weighted by Crippen LogP contribution is 2.36. The monoisotopic (exact) mass is 278 g/mol. The standard InChI is InChI=1S/C19H22N2/c1-10(2)12-5-14-15-6-13(11(3)4)8-17(15)19-18(16(14)7-12)20-9-21-19/h7-8,10-11H,5-6,9H2,1-4H3. The van der Waals surface area contributed by atoms with Crippen molar-refractivity contribution in [1.29, 1.82) is 0 Å². The van der Waals surface area contributed by atoms with Gasteiger partial charge in [0, 0.05) is 11.1 Å². The predicted octanol–water partition coefficient (Wildman–Crippen LogP) is 3.09. The Kier molecular flexibility index (Phi) is 2.72. The Morgan fingerprint density at radius 1 is 0.762 bits per heavy atom. The van der Waals surface area contributed by atoms with Crippen LogP contribution in [-0.2, 0) is 12.8 Å². The second-order valence-corrected chi connectivity index (χ2v) is 7.04. The zero-order chi connectivity index (χ0) is 14.7. The Bertz CT molecular complexity index is 751. The van der Waals surface area contributed by atoms with Crippen LogP contribution < -0.4 is 10.7 Å². The molecule has 0 fully saturated rings. The topological polar surface area (TPSA) is 24.7 Å². The normalized spacial score (nSPS) is 18.2. The first-order valence-corrected chi connectivity index (χ1v) is 8.04. The third kappa shape index (κ3) is 1.78. The lowest BCUT2D eigenvalue weighted by molar-refractivity contribution is 0.744. The molecular formula is C19H22N2. The quantitative estimate of drug-likeness (QED) is 0.794. The fourth-order valence-electron chi connectivity index (χ4n) is 3.70. The zero-order valence-electron chi connectivity index (χ0n) is 13.3. The van der Waals surface area contributed by atoms with Crippen LogP contribution in [0.5, 0.6) is 0 Å². The molecule has 2 nitrogen and oxygen atoms in total. The lowest BCUT2D eigenvalue weighted by Crippen LogP contribution is -2.29. The molecule has 0 bridgehead atoms. The molecule has 4 rings (SSSR count). The minimum atomic E-state index is 0.605. The van der Waals surface area contributed by atoms with Gasteiger partial charge < -0.3 is 0 Å². The molecule has 2 aliphatic carbocycles. The number of fused-ring (bicyclic) bond motifs is 6. The average Bonchev–Trinajstić information content (AvgIpc) is 3.14. The molecule has 0 amide bonds. The average molecular weight is 278 g/mol. The van der Waals surface area contributed by atoms with Gasteiger partial charge in [-0.1, -0.05) is 51.0 Å². The number of allylic oxidation sites excluding steroid dienone is 2. The summed E-state index contributed by atoms with van der Waals surface area (Å²) in [6.07, 6.45) is 6.99. The molecule has 0 N–H and O–H groups in total. The number of nitrogens with zero attached hydrogens (tertiary/aromatic N) is 2. The van der Waals surface area contributed by atoms with Crippen molar-refractivity contribution in [2.75, 3.05) is 6.67 Å². The smallest absolute Gasteiger partial charge is 0.130 e. The fraction of sp³-hybridized carbons (Fsp3) is 0.474. The van der Waals surface area contributed by atoms with Gasteiger partial charge in [0.25, 0.3) is 0 Å². The fourth-order valence-corrected chi connectivity index (χ4v) is 3.70. The summed E-state index contributed by atoms with van der Waals surface area (Å²) in [6.45, 7) is 9.76. The maximum atomic E-state index is 4.67. The molecule has 0 saturated heterocycles. The maximum absolute atomic E-state index is 4.67. The first kappa shape index (κ1) is 13.0. The van der Waals surface area contributed by atoms with Gasteiger partial charge in [-0.15, -0.1) is 0 Å². The van der Waals surface area contributed by atoms with Crippen LogP contribution in [0.25, 0.3) is 12.2 Å². The summed E-state index contributed by atoms with van der Waals surface area (Å²) in [5.74, 6) is 1.22. The molecule has 0 atom stereocenters. The summed E-state index contributed by atoms with van der Waals surface area (Å²) < 4.78 is 0. The highest BCUT2D eigenvalue weighted by atomic mass is 15.0. The Balaban J connectivity index is 1.97. The van der Waals surface area contributed by atoms with E-state index in [1.165, 1.54) is 22.3 Å². The van der Waals surface area contributed by atoms with Gasteiger partial charge in [0.15, 0.2) is 0 Å². The first-order chi connectivity index (χ1) is 10.1. The van der Waals surface area contributed by atoms with E-state index in [1.807, 2.05) is 0 Å². The van der Waals surface area contributed by atoms with Gasteiger partial charge in [-0.2, -0.15) is 0 Å². The molecule has 2 heteroatoms. The molecule has 3 aliphatic rings. The van der Waals surface area contributed by atoms with Crippen LogP contribution in [0.15, 0.2) is 21.1 Å². The highest BCUT2D eigenvalue weighted by molar-refractivity contribution is 5.74. The van der Waals surface area contributed by atoms with Crippen LogP contribution in [0.3, 0.4) is 0 Å². The van der Waals surface area contributed by atoms with E-state index >= 15 is 0 Å². The molecule has 1 aromatic carbocycles. The Morgan fingerprint density at radius 3 is 1.57 bits per heavy atom. The van der Waals surface area contributed by atoms with E-state index in [0.717, 1.165) is 23.6 Å².